The molecule has 8 atom stereocenters. The van der Waals surface area contributed by atoms with Crippen molar-refractivity contribution >= 4 is 23.9 Å². The van der Waals surface area contributed by atoms with Gasteiger partial charge in [-0.25, -0.2) is 0 Å². The molecule has 4 saturated heterocycles. The lowest BCUT2D eigenvalue weighted by molar-refractivity contribution is -0.168. The summed E-state index contributed by atoms with van der Waals surface area (Å²) in [5, 5.41) is 0. The van der Waals surface area contributed by atoms with Gasteiger partial charge in [0.15, 0.2) is 0 Å². The van der Waals surface area contributed by atoms with Crippen LogP contribution in [0.3, 0.4) is 0 Å². The molecule has 0 spiro atoms. The van der Waals surface area contributed by atoms with Crippen LogP contribution >= 0.6 is 0 Å². The normalized spacial score (nSPS) is 32.6. The van der Waals surface area contributed by atoms with E-state index in [1.807, 2.05) is 0 Å². The van der Waals surface area contributed by atoms with Crippen molar-refractivity contribution in [3.05, 3.63) is 0 Å². The fraction of sp³-hybridized carbons (Fsp3) is 0.862. The highest BCUT2D eigenvalue weighted by molar-refractivity contribution is 5.92. The van der Waals surface area contributed by atoms with E-state index in [4.69, 9.17) is 37.9 Å². The number of rotatable bonds is 20. The molecule has 41 heavy (non-hydrogen) atoms. The molecule has 4 heterocycles. The average Bonchev–Trinajstić information content (AvgIpc) is 3.78. The van der Waals surface area contributed by atoms with Crippen LogP contribution in [0.4, 0.5) is 0 Å². The zero-order valence-corrected chi connectivity index (χ0v) is 23.5. The third-order valence-corrected chi connectivity index (χ3v) is 8.18. The molecule has 8 unspecified atom stereocenters. The van der Waals surface area contributed by atoms with E-state index in [-0.39, 0.29) is 57.3 Å². The molecule has 0 aromatic carbocycles. The van der Waals surface area contributed by atoms with E-state index in [1.165, 1.54) is 0 Å². The first kappa shape index (κ1) is 30.2. The van der Waals surface area contributed by atoms with Crippen LogP contribution in [0.1, 0.15) is 57.8 Å². The third-order valence-electron chi connectivity index (χ3n) is 8.18. The second kappa shape index (κ2) is 14.8. The third kappa shape index (κ3) is 9.90. The van der Waals surface area contributed by atoms with Crippen molar-refractivity contribution in [1.29, 1.82) is 0 Å². The fourth-order valence-corrected chi connectivity index (χ4v) is 5.46. The Bertz CT molecular complexity index is 835. The molecule has 12 nitrogen and oxygen atoms in total. The lowest BCUT2D eigenvalue weighted by Crippen LogP contribution is -2.38. The summed E-state index contributed by atoms with van der Waals surface area (Å²) in [5.41, 5.74) is 0. The first-order valence-electron chi connectivity index (χ1n) is 15.1. The standard InChI is InChI=1S/C29H42O12/c30-26(34-9-1-5-18-14-38-18)22-13-23(27(31)35-10-2-6-19-15-39-19)25(29(33)37-12-4-8-21-17-41-21)24(22)28(32)36-11-3-7-20-16-40-20/h18-25H,1-17H2. The summed E-state index contributed by atoms with van der Waals surface area (Å²) in [4.78, 5) is 53.4. The molecule has 1 saturated carbocycles. The quantitative estimate of drug-likeness (QED) is 0.0888. The van der Waals surface area contributed by atoms with Crippen LogP contribution in [0.2, 0.25) is 0 Å². The summed E-state index contributed by atoms with van der Waals surface area (Å²) in [6.07, 6.45) is 6.23. The SMILES string of the molecule is O=C(OCCCC1CO1)C1CC(C(=O)OCCCC2CO2)C(C(=O)OCCCC2CO2)C1C(=O)OCCCC1CO1. The van der Waals surface area contributed by atoms with Gasteiger partial charge in [-0.05, 0) is 57.8 Å². The Kier molecular flexibility index (Phi) is 10.9. The lowest BCUT2D eigenvalue weighted by Gasteiger charge is -2.23. The number of esters is 4. The highest BCUT2D eigenvalue weighted by Crippen LogP contribution is 2.45. The highest BCUT2D eigenvalue weighted by Gasteiger charge is 2.58. The van der Waals surface area contributed by atoms with E-state index in [0.717, 1.165) is 25.7 Å². The Balaban J connectivity index is 1.23. The van der Waals surface area contributed by atoms with Gasteiger partial charge in [0.1, 0.15) is 0 Å². The van der Waals surface area contributed by atoms with Crippen molar-refractivity contribution in [2.24, 2.45) is 23.7 Å². The molecule has 5 rings (SSSR count). The predicted octanol–water partition coefficient (Wildman–Crippen LogP) is 1.74. The Hall–Kier alpha value is -2.28. The maximum atomic E-state index is 13.4. The molecular formula is C29H42O12. The molecular weight excluding hydrogens is 540 g/mol. The smallest absolute Gasteiger partial charge is 0.310 e. The van der Waals surface area contributed by atoms with Crippen molar-refractivity contribution in [2.45, 2.75) is 82.2 Å². The minimum atomic E-state index is -1.21. The summed E-state index contributed by atoms with van der Waals surface area (Å²) in [6.45, 7) is 3.41. The van der Waals surface area contributed by atoms with Crippen molar-refractivity contribution in [2.75, 3.05) is 52.9 Å². The molecule has 12 heteroatoms. The van der Waals surface area contributed by atoms with Gasteiger partial charge in [0.05, 0.1) is 101 Å². The second-order valence-electron chi connectivity index (χ2n) is 11.6. The maximum Gasteiger partial charge on any atom is 0.310 e. The van der Waals surface area contributed by atoms with Gasteiger partial charge in [-0.1, -0.05) is 0 Å². The van der Waals surface area contributed by atoms with E-state index < -0.39 is 47.5 Å². The Labute approximate surface area is 239 Å². The topological polar surface area (TPSA) is 155 Å². The molecule has 0 radical (unpaired) electrons. The minimum absolute atomic E-state index is 0.0551. The summed E-state index contributed by atoms with van der Waals surface area (Å²) >= 11 is 0. The monoisotopic (exact) mass is 582 g/mol. The Morgan fingerprint density at radius 1 is 0.463 bits per heavy atom. The fourth-order valence-electron chi connectivity index (χ4n) is 5.46. The van der Waals surface area contributed by atoms with Crippen molar-refractivity contribution in [3.63, 3.8) is 0 Å². The van der Waals surface area contributed by atoms with Gasteiger partial charge < -0.3 is 37.9 Å². The largest absolute Gasteiger partial charge is 0.465 e. The van der Waals surface area contributed by atoms with Gasteiger partial charge in [0.25, 0.3) is 0 Å². The van der Waals surface area contributed by atoms with E-state index in [9.17, 15) is 19.2 Å². The first-order valence-corrected chi connectivity index (χ1v) is 15.1. The molecule has 5 fully saturated rings. The van der Waals surface area contributed by atoms with Crippen LogP contribution in [0, 0.1) is 23.7 Å². The minimum Gasteiger partial charge on any atom is -0.465 e. The van der Waals surface area contributed by atoms with E-state index in [0.29, 0.717) is 52.1 Å². The molecule has 5 aliphatic rings. The van der Waals surface area contributed by atoms with Crippen molar-refractivity contribution in [3.8, 4) is 0 Å². The van der Waals surface area contributed by atoms with Gasteiger partial charge in [0, 0.05) is 0 Å². The summed E-state index contributed by atoms with van der Waals surface area (Å²) in [5.74, 6) is -7.12. The number of carbonyl (C=O) groups is 4. The zero-order valence-electron chi connectivity index (χ0n) is 23.5. The van der Waals surface area contributed by atoms with Crippen LogP contribution < -0.4 is 0 Å². The first-order chi connectivity index (χ1) is 20.0. The van der Waals surface area contributed by atoms with Crippen LogP contribution in [-0.2, 0) is 57.1 Å². The lowest BCUT2D eigenvalue weighted by atomic mass is 9.86. The van der Waals surface area contributed by atoms with Crippen molar-refractivity contribution in [1.82, 2.24) is 0 Å². The number of ether oxygens (including phenoxy) is 8. The van der Waals surface area contributed by atoms with E-state index in [2.05, 4.69) is 0 Å². The number of hydrogen-bond donors (Lipinski definition) is 0. The van der Waals surface area contributed by atoms with Gasteiger partial charge >= 0.3 is 23.9 Å². The van der Waals surface area contributed by atoms with Crippen LogP contribution in [-0.4, -0.2) is 101 Å². The van der Waals surface area contributed by atoms with Gasteiger partial charge in [0.2, 0.25) is 0 Å². The number of hydrogen-bond acceptors (Lipinski definition) is 12. The zero-order chi connectivity index (χ0) is 28.6. The van der Waals surface area contributed by atoms with Crippen LogP contribution in [0.25, 0.3) is 0 Å². The molecule has 1 aliphatic carbocycles. The second-order valence-corrected chi connectivity index (χ2v) is 11.6. The Morgan fingerprint density at radius 3 is 1.00 bits per heavy atom. The van der Waals surface area contributed by atoms with Gasteiger partial charge in [-0.2, -0.15) is 0 Å². The summed E-state index contributed by atoms with van der Waals surface area (Å²) in [7, 11) is 0. The highest BCUT2D eigenvalue weighted by atomic mass is 16.6. The molecule has 0 bridgehead atoms. The van der Waals surface area contributed by atoms with Gasteiger partial charge in [-0.15, -0.1) is 0 Å². The molecule has 0 aromatic heterocycles. The number of carbonyl (C=O) groups excluding carboxylic acids is 4. The molecule has 4 aliphatic heterocycles. The maximum absolute atomic E-state index is 13.4. The van der Waals surface area contributed by atoms with Gasteiger partial charge in [-0.3, -0.25) is 19.2 Å². The van der Waals surface area contributed by atoms with Crippen LogP contribution in [0.15, 0.2) is 0 Å². The Morgan fingerprint density at radius 2 is 0.732 bits per heavy atom. The summed E-state index contributed by atoms with van der Waals surface area (Å²) < 4.78 is 42.9. The molecule has 0 amide bonds. The van der Waals surface area contributed by atoms with E-state index >= 15 is 0 Å². The van der Waals surface area contributed by atoms with Crippen LogP contribution in [0.5, 0.6) is 0 Å². The number of epoxide rings is 4. The molecule has 230 valence electrons. The molecule has 0 aromatic rings. The average molecular weight is 583 g/mol. The molecule has 0 N–H and O–H groups in total. The van der Waals surface area contributed by atoms with E-state index in [1.54, 1.807) is 0 Å². The predicted molar refractivity (Wildman–Crippen MR) is 138 cm³/mol. The summed E-state index contributed by atoms with van der Waals surface area (Å²) in [6, 6.07) is 0. The van der Waals surface area contributed by atoms with Crippen molar-refractivity contribution < 1.29 is 57.1 Å².